The van der Waals surface area contributed by atoms with Gasteiger partial charge < -0.3 is 5.73 Å². The van der Waals surface area contributed by atoms with Gasteiger partial charge in [-0.3, -0.25) is 0 Å². The normalized spacial score (nSPS) is 26.8. The van der Waals surface area contributed by atoms with Crippen molar-refractivity contribution in [1.82, 2.24) is 0 Å². The van der Waals surface area contributed by atoms with E-state index < -0.39 is 0 Å². The first-order valence-electron chi connectivity index (χ1n) is 6.77. The minimum Gasteiger partial charge on any atom is -0.327 e. The zero-order chi connectivity index (χ0) is 11.9. The van der Waals surface area contributed by atoms with E-state index in [-0.39, 0.29) is 5.41 Å². The second kappa shape index (κ2) is 4.40. The molecule has 92 valence electrons. The van der Waals surface area contributed by atoms with Gasteiger partial charge in [0.2, 0.25) is 0 Å². The molecule has 0 aliphatic heterocycles. The third-order valence-corrected chi connectivity index (χ3v) is 5.28. The molecule has 0 heterocycles. The molecule has 2 aliphatic carbocycles. The Morgan fingerprint density at radius 1 is 1.18 bits per heavy atom. The van der Waals surface area contributed by atoms with Crippen LogP contribution in [-0.4, -0.2) is 6.04 Å². The Bertz CT molecular complexity index is 421. The first kappa shape index (κ1) is 11.7. The molecule has 2 heteroatoms. The van der Waals surface area contributed by atoms with Crippen molar-refractivity contribution < 1.29 is 0 Å². The van der Waals surface area contributed by atoms with Crippen LogP contribution in [0, 0.1) is 0 Å². The number of aryl methyl sites for hydroxylation is 1. The van der Waals surface area contributed by atoms with E-state index in [0.29, 0.717) is 6.04 Å². The quantitative estimate of drug-likeness (QED) is 0.771. The highest BCUT2D eigenvalue weighted by atomic mass is 79.9. The van der Waals surface area contributed by atoms with E-state index in [1.54, 1.807) is 5.56 Å². The number of hydrogen-bond acceptors (Lipinski definition) is 1. The van der Waals surface area contributed by atoms with Crippen LogP contribution in [0.4, 0.5) is 0 Å². The standard InChI is InChI=1S/C15H20BrN/c16-12-6-4-11-5-7-14(17)15(13(11)10-12)8-2-1-3-9-15/h4,6,10,14H,1-3,5,7-9,17H2. The number of benzene rings is 1. The molecule has 1 aromatic carbocycles. The molecule has 17 heavy (non-hydrogen) atoms. The van der Waals surface area contributed by atoms with Gasteiger partial charge in [-0.1, -0.05) is 41.3 Å². The Labute approximate surface area is 112 Å². The molecular weight excluding hydrogens is 274 g/mol. The van der Waals surface area contributed by atoms with Crippen LogP contribution in [0.2, 0.25) is 0 Å². The van der Waals surface area contributed by atoms with Crippen molar-refractivity contribution in [2.24, 2.45) is 5.73 Å². The highest BCUT2D eigenvalue weighted by Crippen LogP contribution is 2.47. The monoisotopic (exact) mass is 293 g/mol. The van der Waals surface area contributed by atoms with Crippen molar-refractivity contribution in [2.75, 3.05) is 0 Å². The Hall–Kier alpha value is -0.340. The minimum atomic E-state index is 0.287. The molecule has 1 unspecified atom stereocenters. The maximum absolute atomic E-state index is 6.49. The van der Waals surface area contributed by atoms with Crippen LogP contribution in [0.25, 0.3) is 0 Å². The second-order valence-electron chi connectivity index (χ2n) is 5.66. The van der Waals surface area contributed by atoms with Crippen molar-refractivity contribution in [3.05, 3.63) is 33.8 Å². The van der Waals surface area contributed by atoms with Gasteiger partial charge in [-0.2, -0.15) is 0 Å². The van der Waals surface area contributed by atoms with Crippen molar-refractivity contribution in [3.8, 4) is 0 Å². The molecular formula is C15H20BrN. The molecule has 2 aliphatic rings. The summed E-state index contributed by atoms with van der Waals surface area (Å²) in [7, 11) is 0. The van der Waals surface area contributed by atoms with E-state index in [9.17, 15) is 0 Å². The summed E-state index contributed by atoms with van der Waals surface area (Å²) < 4.78 is 1.20. The van der Waals surface area contributed by atoms with Gasteiger partial charge in [0.15, 0.2) is 0 Å². The summed E-state index contributed by atoms with van der Waals surface area (Å²) in [5, 5.41) is 0. The third kappa shape index (κ3) is 1.86. The molecule has 1 saturated carbocycles. The summed E-state index contributed by atoms with van der Waals surface area (Å²) in [5.41, 5.74) is 9.87. The predicted octanol–water partition coefficient (Wildman–Crippen LogP) is 3.92. The van der Waals surface area contributed by atoms with Gasteiger partial charge in [-0.05, 0) is 48.9 Å². The van der Waals surface area contributed by atoms with Gasteiger partial charge in [-0.25, -0.2) is 0 Å². The molecule has 2 N–H and O–H groups in total. The van der Waals surface area contributed by atoms with Crippen molar-refractivity contribution >= 4 is 15.9 Å². The van der Waals surface area contributed by atoms with Gasteiger partial charge >= 0.3 is 0 Å². The molecule has 0 aromatic heterocycles. The lowest BCUT2D eigenvalue weighted by molar-refractivity contribution is 0.221. The molecule has 3 rings (SSSR count). The summed E-state index contributed by atoms with van der Waals surface area (Å²) >= 11 is 3.62. The van der Waals surface area contributed by atoms with Gasteiger partial charge in [0.25, 0.3) is 0 Å². The Kier molecular flexibility index (Phi) is 3.04. The van der Waals surface area contributed by atoms with Gasteiger partial charge in [0.1, 0.15) is 0 Å². The van der Waals surface area contributed by atoms with E-state index >= 15 is 0 Å². The average molecular weight is 294 g/mol. The smallest absolute Gasteiger partial charge is 0.0178 e. The van der Waals surface area contributed by atoms with Gasteiger partial charge in [0, 0.05) is 15.9 Å². The fourth-order valence-electron chi connectivity index (χ4n) is 3.84. The van der Waals surface area contributed by atoms with Crippen LogP contribution < -0.4 is 5.73 Å². The summed E-state index contributed by atoms with van der Waals surface area (Å²) in [6, 6.07) is 7.16. The number of hydrogen-bond donors (Lipinski definition) is 1. The van der Waals surface area contributed by atoms with Gasteiger partial charge in [-0.15, -0.1) is 0 Å². The molecule has 0 saturated heterocycles. The molecule has 1 atom stereocenters. The Balaban J connectivity index is 2.11. The predicted molar refractivity (Wildman–Crippen MR) is 75.2 cm³/mol. The fraction of sp³-hybridized carbons (Fsp3) is 0.600. The fourth-order valence-corrected chi connectivity index (χ4v) is 4.20. The molecule has 1 spiro atoms. The molecule has 0 radical (unpaired) electrons. The zero-order valence-electron chi connectivity index (χ0n) is 10.2. The first-order valence-corrected chi connectivity index (χ1v) is 7.56. The maximum Gasteiger partial charge on any atom is 0.0178 e. The topological polar surface area (TPSA) is 26.0 Å². The Morgan fingerprint density at radius 2 is 1.94 bits per heavy atom. The minimum absolute atomic E-state index is 0.287. The Morgan fingerprint density at radius 3 is 2.71 bits per heavy atom. The third-order valence-electron chi connectivity index (χ3n) is 4.79. The van der Waals surface area contributed by atoms with E-state index in [4.69, 9.17) is 5.73 Å². The van der Waals surface area contributed by atoms with Crippen LogP contribution >= 0.6 is 15.9 Å². The molecule has 1 nitrogen and oxygen atoms in total. The lowest BCUT2D eigenvalue weighted by Gasteiger charge is -2.46. The van der Waals surface area contributed by atoms with E-state index in [2.05, 4.69) is 34.1 Å². The van der Waals surface area contributed by atoms with Crippen LogP contribution in [0.3, 0.4) is 0 Å². The highest BCUT2D eigenvalue weighted by Gasteiger charge is 2.42. The highest BCUT2D eigenvalue weighted by molar-refractivity contribution is 9.10. The molecule has 0 bridgehead atoms. The summed E-state index contributed by atoms with van der Waals surface area (Å²) in [6.45, 7) is 0. The summed E-state index contributed by atoms with van der Waals surface area (Å²) in [6.07, 6.45) is 8.98. The second-order valence-corrected chi connectivity index (χ2v) is 6.58. The van der Waals surface area contributed by atoms with E-state index in [0.717, 1.165) is 12.8 Å². The molecule has 1 fully saturated rings. The SMILES string of the molecule is NC1CCc2ccc(Br)cc2C12CCCCC2. The first-order chi connectivity index (χ1) is 8.22. The van der Waals surface area contributed by atoms with Crippen LogP contribution in [-0.2, 0) is 11.8 Å². The van der Waals surface area contributed by atoms with Gasteiger partial charge in [0.05, 0.1) is 0 Å². The maximum atomic E-state index is 6.49. The van der Waals surface area contributed by atoms with E-state index in [1.807, 2.05) is 0 Å². The molecule has 1 aromatic rings. The number of fused-ring (bicyclic) bond motifs is 2. The number of rotatable bonds is 0. The van der Waals surface area contributed by atoms with Crippen LogP contribution in [0.15, 0.2) is 22.7 Å². The van der Waals surface area contributed by atoms with Crippen molar-refractivity contribution in [1.29, 1.82) is 0 Å². The van der Waals surface area contributed by atoms with Crippen molar-refractivity contribution in [3.63, 3.8) is 0 Å². The zero-order valence-corrected chi connectivity index (χ0v) is 11.8. The van der Waals surface area contributed by atoms with Crippen LogP contribution in [0.1, 0.15) is 49.7 Å². The van der Waals surface area contributed by atoms with Crippen molar-refractivity contribution in [2.45, 2.75) is 56.4 Å². The lowest BCUT2D eigenvalue weighted by Crippen LogP contribution is -2.49. The molecule has 0 amide bonds. The number of nitrogens with two attached hydrogens (primary N) is 1. The van der Waals surface area contributed by atoms with Crippen LogP contribution in [0.5, 0.6) is 0 Å². The largest absolute Gasteiger partial charge is 0.327 e. The van der Waals surface area contributed by atoms with E-state index in [1.165, 1.54) is 42.1 Å². The summed E-state index contributed by atoms with van der Waals surface area (Å²) in [4.78, 5) is 0. The average Bonchev–Trinajstić information content (AvgIpc) is 2.36. The lowest BCUT2D eigenvalue weighted by atomic mass is 9.60. The number of halogens is 1. The summed E-state index contributed by atoms with van der Waals surface area (Å²) in [5.74, 6) is 0.